The number of esters is 3. The number of imide groups is 1. The van der Waals surface area contributed by atoms with Crippen LogP contribution in [0.4, 0.5) is 11.6 Å². The average Bonchev–Trinajstić information content (AvgIpc) is 1.04. The second-order valence-electron chi connectivity index (χ2n) is 28.2. The maximum atomic E-state index is 13.2. The standard InChI is InChI=1S/C38H44N10O14S.C32H49NO10/c1-17(49)15-48-28(52)11-27(35(48)58)63-16-20(36(59)60)9-26(51)25(10-29(53)54)45-33(56)19(12-39)8-23(50)6-7-24(37(61)62)44-32(55)18-2-4-21(5-3-18)41-13-22-14-42-31-30(43-22)34(57)47-38(40)46-31;1-18(2)13-25(36)41-23-15-30(16-38-20(4)34)24(14-19(23)3)42-28-26(43-31(37-8)11-9-22(33-7)10-12-31)27(40-21(5)35)29(30,6)32(28)17-39-32/h2-5,14,19-20,24-25,27,41H,6-13,15-16,39H2,1H3,(H,44,55)(H,45,56)(H,53,54)(H,59,60)(H,61,62)(H3,40,42,46,47,57);14,18,22-24,26-28,33H,9-13,15-17H2,1-8H3/t19-,20-,24-,25-,27?;22?,23-,24+,26+,27+,28+,29+,30+,31?,32-/m00/s1. The highest BCUT2D eigenvalue weighted by Crippen LogP contribution is 2.73. The number of nitrogens with zero attached hydrogens (tertiary/aromatic N) is 4. The Bertz CT molecular complexity index is 3950. The number of nitrogens with two attached hydrogens (primary N) is 2. The summed E-state index contributed by atoms with van der Waals surface area (Å²) in [6.45, 7) is 11.4. The van der Waals surface area contributed by atoms with Gasteiger partial charge in [0.05, 0.1) is 78.1 Å². The molecule has 12 N–H and O–H groups in total. The summed E-state index contributed by atoms with van der Waals surface area (Å²) in [4.78, 5) is 189. The van der Waals surface area contributed by atoms with Crippen molar-refractivity contribution in [3.8, 4) is 0 Å². The van der Waals surface area contributed by atoms with Crippen molar-refractivity contribution in [3.05, 3.63) is 63.7 Å². The molecule has 4 amide bonds. The summed E-state index contributed by atoms with van der Waals surface area (Å²) < 4.78 is 44.3. The Balaban J connectivity index is 0.000000286. The van der Waals surface area contributed by atoms with Gasteiger partial charge in [0.1, 0.15) is 54.2 Å². The van der Waals surface area contributed by atoms with Crippen LogP contribution in [0.3, 0.4) is 0 Å². The van der Waals surface area contributed by atoms with Crippen LogP contribution in [-0.4, -0.2) is 228 Å². The maximum Gasteiger partial charge on any atom is 0.326 e. The third-order valence-corrected chi connectivity index (χ3v) is 21.7. The van der Waals surface area contributed by atoms with Gasteiger partial charge in [-0.15, -0.1) is 11.8 Å². The summed E-state index contributed by atoms with van der Waals surface area (Å²) in [5.74, 6) is -14.8. The number of anilines is 2. The van der Waals surface area contributed by atoms with Crippen LogP contribution < -0.4 is 38.3 Å². The minimum absolute atomic E-state index is 0.00854. The first-order valence-corrected chi connectivity index (χ1v) is 35.8. The lowest BCUT2D eigenvalue weighted by molar-refractivity contribution is -0.288. The number of methoxy groups -OCH3 is 1. The van der Waals surface area contributed by atoms with Gasteiger partial charge in [0, 0.05) is 102 Å². The van der Waals surface area contributed by atoms with E-state index in [4.69, 9.17) is 44.6 Å². The molecule has 106 heavy (non-hydrogen) atoms. The highest BCUT2D eigenvalue weighted by atomic mass is 32.2. The van der Waals surface area contributed by atoms with Crippen LogP contribution in [0.5, 0.6) is 0 Å². The number of carbonyl (C=O) groups excluding carboxylic acids is 10. The van der Waals surface area contributed by atoms with Crippen LogP contribution in [-0.2, 0) is 97.2 Å². The fourth-order valence-corrected chi connectivity index (χ4v) is 15.7. The third kappa shape index (κ3) is 19.1. The van der Waals surface area contributed by atoms with Crippen molar-refractivity contribution >= 4 is 111 Å². The van der Waals surface area contributed by atoms with Crippen molar-refractivity contribution < 1.29 is 111 Å². The quantitative estimate of drug-likeness (QED) is 0.0100. The molecule has 6 aliphatic rings. The molecule has 2 aromatic heterocycles. The number of nitrogen functional groups attached to an aromatic ring is 1. The van der Waals surface area contributed by atoms with Gasteiger partial charge in [-0.1, -0.05) is 26.8 Å². The van der Waals surface area contributed by atoms with Gasteiger partial charge in [0.25, 0.3) is 11.5 Å². The molecule has 5 heterocycles. The molecule has 3 aliphatic carbocycles. The van der Waals surface area contributed by atoms with E-state index in [2.05, 4.69) is 41.2 Å². The first-order valence-electron chi connectivity index (χ1n) is 34.7. The Morgan fingerprint density at radius 2 is 1.57 bits per heavy atom. The molecular weight excluding hydrogens is 1410 g/mol. The number of aromatic nitrogens is 4. The molecule has 2 saturated carbocycles. The number of rotatable bonds is 35. The molecule has 3 aromatic rings. The van der Waals surface area contributed by atoms with Gasteiger partial charge in [-0.25, -0.2) is 14.8 Å². The normalized spacial score (nSPS) is 26.7. The number of hydrogen-bond donors (Lipinski definition) is 10. The van der Waals surface area contributed by atoms with Crippen molar-refractivity contribution in [1.29, 1.82) is 0 Å². The van der Waals surface area contributed by atoms with Gasteiger partial charge in [-0.2, -0.15) is 4.98 Å². The molecule has 0 radical (unpaired) electrons. The SMILES string of the molecule is CC(=O)CN1C(=O)CC(SC[C@H](CC(=O)[C@H](CC(=O)O)NC(=O)[C@H](CN)CC(=O)CC[C@H](NC(=O)c2ccc(NCc3cnc4nc(N)[nH]c(=O)c4n3)cc2)C(=O)O)C(=O)O)C1=O.CNC1CCC(OC)(O[C@@H]2[C@@H](OC(C)=O)[C@]3(C)[C@@]4(COC(C)=O)C[C@H](OC(=O)CC(C)C)C(C)=C[C@H]4O[C@H]2[C@@]32CO2)CC1. The van der Waals surface area contributed by atoms with Gasteiger partial charge < -0.3 is 81.2 Å². The first kappa shape index (κ1) is 82.5. The fourth-order valence-electron chi connectivity index (χ4n) is 14.5. The number of nitrogens with one attached hydrogen (secondary N) is 5. The number of carboxylic acid groups (broad SMARTS) is 3. The molecule has 13 atom stereocenters. The van der Waals surface area contributed by atoms with Crippen molar-refractivity contribution in [2.24, 2.45) is 34.3 Å². The number of aromatic amines is 1. The lowest BCUT2D eigenvalue weighted by Gasteiger charge is -2.58. The summed E-state index contributed by atoms with van der Waals surface area (Å²) in [7, 11) is 3.61. The fraction of sp³-hybridized carbons (Fsp3) is 0.614. The second-order valence-corrected chi connectivity index (χ2v) is 29.4. The van der Waals surface area contributed by atoms with E-state index in [1.165, 1.54) is 51.2 Å². The monoisotopic (exact) mass is 1500 g/mol. The zero-order valence-corrected chi connectivity index (χ0v) is 61.2. The van der Waals surface area contributed by atoms with Gasteiger partial charge in [0.15, 0.2) is 22.7 Å². The summed E-state index contributed by atoms with van der Waals surface area (Å²) >= 11 is 0.781. The first-order chi connectivity index (χ1) is 50.0. The second kappa shape index (κ2) is 35.0. The van der Waals surface area contributed by atoms with Crippen molar-refractivity contribution in [3.63, 3.8) is 0 Å². The third-order valence-electron chi connectivity index (χ3n) is 20.4. The van der Waals surface area contributed by atoms with Gasteiger partial charge in [-0.05, 0) is 75.9 Å². The number of thioether (sulfide) groups is 1. The summed E-state index contributed by atoms with van der Waals surface area (Å²) in [5.41, 5.74) is 9.86. The predicted octanol–water partition coefficient (Wildman–Crippen LogP) is 1.70. The van der Waals surface area contributed by atoms with E-state index in [1.54, 1.807) is 7.11 Å². The van der Waals surface area contributed by atoms with E-state index in [0.717, 1.165) is 35.1 Å². The summed E-state index contributed by atoms with van der Waals surface area (Å²) in [5, 5.41) is 38.9. The number of carboxylic acids is 3. The Morgan fingerprint density at radius 1 is 0.877 bits per heavy atom. The highest BCUT2D eigenvalue weighted by Gasteiger charge is 2.87. The number of Topliss-reactive ketones (excluding diaryl/α,β-unsaturated/α-hetero) is 3. The summed E-state index contributed by atoms with van der Waals surface area (Å²) in [6, 6.07) is 2.97. The summed E-state index contributed by atoms with van der Waals surface area (Å²) in [6.07, 6.45) is 0.386. The minimum atomic E-state index is -1.74. The zero-order chi connectivity index (χ0) is 77.9. The molecule has 9 rings (SSSR count). The number of ketones is 3. The van der Waals surface area contributed by atoms with Crippen LogP contribution in [0.1, 0.15) is 142 Å². The van der Waals surface area contributed by atoms with Crippen molar-refractivity contribution in [1.82, 2.24) is 40.8 Å². The number of amides is 4. The highest BCUT2D eigenvalue weighted by molar-refractivity contribution is 8.00. The van der Waals surface area contributed by atoms with E-state index in [9.17, 15) is 82.4 Å². The number of aliphatic carboxylic acids is 3. The molecule has 578 valence electrons. The van der Waals surface area contributed by atoms with Crippen molar-refractivity contribution in [2.75, 3.05) is 57.3 Å². The average molecular weight is 1500 g/mol. The lowest BCUT2D eigenvalue weighted by Crippen LogP contribution is -2.68. The molecule has 1 spiro atoms. The molecule has 1 aromatic carbocycles. The number of benzene rings is 1. The van der Waals surface area contributed by atoms with Crippen molar-refractivity contribution in [2.45, 2.75) is 197 Å². The number of likely N-dealkylation sites (tertiary alicyclic amines) is 1. The van der Waals surface area contributed by atoms with Gasteiger partial charge >= 0.3 is 35.8 Å². The van der Waals surface area contributed by atoms with E-state index < -0.39 is 197 Å². The number of hydrogen-bond acceptors (Lipinski definition) is 29. The molecule has 5 fully saturated rings. The molecule has 2 bridgehead atoms. The number of carbonyl (C=O) groups is 13. The molecule has 1 unspecified atom stereocenters. The lowest BCUT2D eigenvalue weighted by atomic mass is 9.51. The van der Waals surface area contributed by atoms with Crippen LogP contribution >= 0.6 is 11.8 Å². The Morgan fingerprint density at radius 3 is 2.15 bits per heavy atom. The Hall–Kier alpha value is -9.20. The topological polar surface area (TPSA) is 525 Å². The molecule has 3 aliphatic heterocycles. The van der Waals surface area contributed by atoms with Crippen LogP contribution in [0.15, 0.2) is 46.9 Å². The maximum absolute atomic E-state index is 13.2. The molecular formula is C70H93N11O24S. The van der Waals surface area contributed by atoms with Crippen LogP contribution in [0.2, 0.25) is 0 Å². The van der Waals surface area contributed by atoms with E-state index in [-0.39, 0.29) is 72.7 Å². The molecule has 36 heteroatoms. The van der Waals surface area contributed by atoms with Gasteiger partial charge in [-0.3, -0.25) is 72.2 Å². The number of fused-ring (bicyclic) bond motifs is 3. The van der Waals surface area contributed by atoms with E-state index >= 15 is 0 Å². The Kier molecular flexibility index (Phi) is 27.2. The largest absolute Gasteiger partial charge is 0.481 e. The van der Waals surface area contributed by atoms with Crippen LogP contribution in [0, 0.1) is 28.6 Å². The number of H-pyrrole nitrogens is 1. The molecule has 35 nitrogen and oxygen atoms in total. The zero-order valence-electron chi connectivity index (χ0n) is 60.4. The predicted molar refractivity (Wildman–Crippen MR) is 373 cm³/mol. The van der Waals surface area contributed by atoms with Gasteiger partial charge in [0.2, 0.25) is 23.7 Å². The Labute approximate surface area is 613 Å². The molecule has 3 saturated heterocycles. The van der Waals surface area contributed by atoms with E-state index in [1.807, 2.05) is 40.8 Å². The number of ether oxygens (including phenoxy) is 7. The smallest absolute Gasteiger partial charge is 0.326 e. The van der Waals surface area contributed by atoms with Crippen LogP contribution in [0.25, 0.3) is 11.2 Å². The minimum Gasteiger partial charge on any atom is -0.481 e. The van der Waals surface area contributed by atoms with E-state index in [0.29, 0.717) is 43.3 Å². The number of epoxide rings is 1.